The summed E-state index contributed by atoms with van der Waals surface area (Å²) in [5, 5.41) is 24.4. The zero-order valence-corrected chi connectivity index (χ0v) is 13.7. The van der Waals surface area contributed by atoms with E-state index in [1.165, 1.54) is 28.4 Å². The number of nitrogens with zero attached hydrogens (tertiary/aromatic N) is 2. The van der Waals surface area contributed by atoms with Crippen LogP contribution in [0.3, 0.4) is 0 Å². The maximum absolute atomic E-state index is 12.9. The molecule has 1 fully saturated rings. The van der Waals surface area contributed by atoms with Crippen LogP contribution in [0.2, 0.25) is 0 Å². The number of hydrogen-bond acceptors (Lipinski definition) is 5. The van der Waals surface area contributed by atoms with E-state index in [4.69, 9.17) is 5.11 Å². The lowest BCUT2D eigenvalue weighted by Crippen LogP contribution is -2.42. The van der Waals surface area contributed by atoms with Crippen molar-refractivity contribution >= 4 is 17.4 Å². The summed E-state index contributed by atoms with van der Waals surface area (Å²) in [6.07, 6.45) is 0.364. The maximum Gasteiger partial charge on any atom is 0.317 e. The Balaban J connectivity index is 1.56. The van der Waals surface area contributed by atoms with Crippen molar-refractivity contribution in [3.8, 4) is 11.3 Å². The van der Waals surface area contributed by atoms with Crippen LogP contribution >= 0.6 is 11.3 Å². The molecular weight excluding hydrogens is 333 g/mol. The third kappa shape index (κ3) is 3.72. The molecule has 0 saturated carbocycles. The van der Waals surface area contributed by atoms with Gasteiger partial charge in [-0.25, -0.2) is 14.2 Å². The molecule has 1 aromatic heterocycles. The molecule has 2 aromatic rings. The number of urea groups is 1. The smallest absolute Gasteiger partial charge is 0.317 e. The van der Waals surface area contributed by atoms with Gasteiger partial charge in [-0.15, -0.1) is 11.3 Å². The average Bonchev–Trinajstić information content (AvgIpc) is 3.21. The fraction of sp³-hybridized carbons (Fsp3) is 0.375. The highest BCUT2D eigenvalue weighted by atomic mass is 32.1. The highest BCUT2D eigenvalue weighted by molar-refractivity contribution is 7.09. The van der Waals surface area contributed by atoms with Crippen molar-refractivity contribution in [2.75, 3.05) is 19.7 Å². The van der Waals surface area contributed by atoms with Crippen LogP contribution in [0.25, 0.3) is 11.3 Å². The number of carbonyl (C=O) groups excluding carboxylic acids is 1. The fourth-order valence-corrected chi connectivity index (χ4v) is 3.31. The Hall–Kier alpha value is -2.03. The van der Waals surface area contributed by atoms with Crippen molar-refractivity contribution in [2.24, 2.45) is 0 Å². The molecule has 3 N–H and O–H groups in total. The fourth-order valence-electron chi connectivity index (χ4n) is 2.57. The van der Waals surface area contributed by atoms with E-state index in [9.17, 15) is 14.3 Å². The van der Waals surface area contributed by atoms with Crippen LogP contribution in [0, 0.1) is 5.82 Å². The summed E-state index contributed by atoms with van der Waals surface area (Å²) in [6.45, 7) is 0.443. The molecule has 24 heavy (non-hydrogen) atoms. The van der Waals surface area contributed by atoms with Gasteiger partial charge in [0, 0.05) is 17.5 Å². The Morgan fingerprint density at radius 2 is 2.17 bits per heavy atom. The van der Waals surface area contributed by atoms with Gasteiger partial charge in [0.25, 0.3) is 0 Å². The van der Waals surface area contributed by atoms with Crippen molar-refractivity contribution in [1.82, 2.24) is 15.2 Å². The molecule has 0 spiro atoms. The number of hydrogen-bond donors (Lipinski definition) is 3. The number of β-amino-alcohol motifs (C(OH)–C–C–N with tert-alkyl or cyclic N) is 1. The summed E-state index contributed by atoms with van der Waals surface area (Å²) in [7, 11) is 0. The standard InChI is InChI=1S/C16H18FN3O3S/c17-12-3-1-11(2-4-12)13-8-24-14(19-13)7-18-15(22)20-6-5-16(23,9-20)10-21/h1-4,8,21,23H,5-7,9-10H2,(H,18,22)/t16-/m1/s1. The van der Waals surface area contributed by atoms with E-state index in [1.807, 2.05) is 5.38 Å². The van der Waals surface area contributed by atoms with Crippen LogP contribution in [0.1, 0.15) is 11.4 Å². The predicted octanol–water partition coefficient (Wildman–Crippen LogP) is 1.59. The van der Waals surface area contributed by atoms with Crippen molar-refractivity contribution in [2.45, 2.75) is 18.6 Å². The second-order valence-electron chi connectivity index (χ2n) is 5.85. The number of rotatable bonds is 4. The Morgan fingerprint density at radius 1 is 1.42 bits per heavy atom. The lowest BCUT2D eigenvalue weighted by atomic mass is 10.1. The number of aromatic nitrogens is 1. The number of halogens is 1. The number of carbonyl (C=O) groups is 1. The number of nitrogens with one attached hydrogen (secondary N) is 1. The van der Waals surface area contributed by atoms with Gasteiger partial charge in [-0.1, -0.05) is 0 Å². The van der Waals surface area contributed by atoms with E-state index in [0.717, 1.165) is 16.3 Å². The Morgan fingerprint density at radius 3 is 2.83 bits per heavy atom. The first-order valence-corrected chi connectivity index (χ1v) is 8.43. The van der Waals surface area contributed by atoms with Crippen LogP contribution < -0.4 is 5.32 Å². The Labute approximate surface area is 142 Å². The molecule has 1 aliphatic rings. The molecule has 8 heteroatoms. The zero-order chi connectivity index (χ0) is 17.2. The molecule has 0 unspecified atom stereocenters. The quantitative estimate of drug-likeness (QED) is 0.781. The minimum atomic E-state index is -1.20. The normalized spacial score (nSPS) is 20.4. The summed E-state index contributed by atoms with van der Waals surface area (Å²) in [4.78, 5) is 18.0. The summed E-state index contributed by atoms with van der Waals surface area (Å²) in [5.41, 5.74) is 0.353. The molecule has 0 aliphatic carbocycles. The Bertz CT molecular complexity index is 722. The molecule has 0 radical (unpaired) electrons. The van der Waals surface area contributed by atoms with E-state index in [2.05, 4.69) is 10.3 Å². The Kier molecular flexibility index (Phi) is 4.79. The first kappa shape index (κ1) is 16.8. The van der Waals surface area contributed by atoms with E-state index in [1.54, 1.807) is 12.1 Å². The van der Waals surface area contributed by atoms with Gasteiger partial charge in [0.15, 0.2) is 0 Å². The molecule has 128 valence electrons. The minimum Gasteiger partial charge on any atom is -0.393 e. The highest BCUT2D eigenvalue weighted by Gasteiger charge is 2.37. The summed E-state index contributed by atoms with van der Waals surface area (Å²) in [6, 6.07) is 5.79. The number of aliphatic hydroxyl groups is 2. The van der Waals surface area contributed by atoms with Crippen LogP contribution in [-0.2, 0) is 6.54 Å². The topological polar surface area (TPSA) is 85.7 Å². The molecule has 0 bridgehead atoms. The molecule has 1 saturated heterocycles. The predicted molar refractivity (Wildman–Crippen MR) is 88.0 cm³/mol. The minimum absolute atomic E-state index is 0.119. The second kappa shape index (κ2) is 6.84. The van der Waals surface area contributed by atoms with Crippen LogP contribution in [0.4, 0.5) is 9.18 Å². The second-order valence-corrected chi connectivity index (χ2v) is 6.79. The van der Waals surface area contributed by atoms with E-state index >= 15 is 0 Å². The molecule has 2 heterocycles. The van der Waals surface area contributed by atoms with Gasteiger partial charge in [0.05, 0.1) is 25.4 Å². The van der Waals surface area contributed by atoms with Gasteiger partial charge in [-0.05, 0) is 30.7 Å². The molecule has 6 nitrogen and oxygen atoms in total. The average molecular weight is 351 g/mol. The van der Waals surface area contributed by atoms with E-state index < -0.39 is 5.60 Å². The SMILES string of the molecule is O=C(NCc1nc(-c2ccc(F)cc2)cs1)N1CC[C@](O)(CO)C1. The number of amides is 2. The van der Waals surface area contributed by atoms with Crippen LogP contribution in [0.15, 0.2) is 29.6 Å². The summed E-state index contributed by atoms with van der Waals surface area (Å²) in [5.74, 6) is -0.296. The van der Waals surface area contributed by atoms with Gasteiger partial charge in [-0.2, -0.15) is 0 Å². The largest absolute Gasteiger partial charge is 0.393 e. The number of thiazole rings is 1. The molecule has 1 aromatic carbocycles. The molecule has 3 rings (SSSR count). The number of likely N-dealkylation sites (tertiary alicyclic amines) is 1. The van der Waals surface area contributed by atoms with E-state index in [-0.39, 0.29) is 31.5 Å². The third-order valence-corrected chi connectivity index (χ3v) is 4.85. The molecule has 1 atom stereocenters. The van der Waals surface area contributed by atoms with E-state index in [0.29, 0.717) is 13.0 Å². The lowest BCUT2D eigenvalue weighted by Gasteiger charge is -2.21. The molecular formula is C16H18FN3O3S. The van der Waals surface area contributed by atoms with Gasteiger partial charge in [0.2, 0.25) is 0 Å². The van der Waals surface area contributed by atoms with Gasteiger partial charge >= 0.3 is 6.03 Å². The molecule has 1 aliphatic heterocycles. The number of benzene rings is 1. The lowest BCUT2D eigenvalue weighted by molar-refractivity contribution is -0.00280. The number of aliphatic hydroxyl groups excluding tert-OH is 1. The summed E-state index contributed by atoms with van der Waals surface area (Å²) < 4.78 is 12.9. The first-order chi connectivity index (χ1) is 11.5. The highest BCUT2D eigenvalue weighted by Crippen LogP contribution is 2.23. The third-order valence-electron chi connectivity index (χ3n) is 4.00. The van der Waals surface area contributed by atoms with Crippen molar-refractivity contribution in [1.29, 1.82) is 0 Å². The zero-order valence-electron chi connectivity index (χ0n) is 12.9. The van der Waals surface area contributed by atoms with Crippen molar-refractivity contribution in [3.05, 3.63) is 40.5 Å². The molecule has 2 amide bonds. The van der Waals surface area contributed by atoms with Gasteiger partial charge in [-0.3, -0.25) is 0 Å². The first-order valence-electron chi connectivity index (χ1n) is 7.55. The van der Waals surface area contributed by atoms with Crippen LogP contribution in [0.5, 0.6) is 0 Å². The summed E-state index contributed by atoms with van der Waals surface area (Å²) >= 11 is 1.41. The van der Waals surface area contributed by atoms with Crippen LogP contribution in [-0.4, -0.2) is 51.4 Å². The van der Waals surface area contributed by atoms with Gasteiger partial charge < -0.3 is 20.4 Å². The van der Waals surface area contributed by atoms with Crippen molar-refractivity contribution in [3.63, 3.8) is 0 Å². The van der Waals surface area contributed by atoms with Gasteiger partial charge in [0.1, 0.15) is 16.4 Å². The monoisotopic (exact) mass is 351 g/mol. The van der Waals surface area contributed by atoms with Crippen molar-refractivity contribution < 1.29 is 19.4 Å². The maximum atomic E-state index is 12.9.